The van der Waals surface area contributed by atoms with E-state index in [1.807, 2.05) is 54.6 Å². The third-order valence-electron chi connectivity index (χ3n) is 4.53. The van der Waals surface area contributed by atoms with Crippen LogP contribution >= 0.6 is 0 Å². The molecule has 0 saturated carbocycles. The Labute approximate surface area is 170 Å². The molecule has 0 bridgehead atoms. The minimum atomic E-state index is -1.09. The van der Waals surface area contributed by atoms with Gasteiger partial charge in [-0.15, -0.1) is 0 Å². The van der Waals surface area contributed by atoms with Gasteiger partial charge in [-0.1, -0.05) is 54.6 Å². The van der Waals surface area contributed by atoms with Crippen molar-refractivity contribution in [1.29, 1.82) is 5.41 Å². The molecule has 2 aromatic carbocycles. The maximum Gasteiger partial charge on any atom is 0.326 e. The van der Waals surface area contributed by atoms with Crippen LogP contribution in [0.25, 0.3) is 11.1 Å². The number of carboxylic acid groups (broad SMARTS) is 1. The van der Waals surface area contributed by atoms with Gasteiger partial charge in [0.1, 0.15) is 6.04 Å². The molecule has 1 amide bonds. The van der Waals surface area contributed by atoms with Crippen LogP contribution < -0.4 is 16.4 Å². The number of carbonyl (C=O) groups is 2. The van der Waals surface area contributed by atoms with Gasteiger partial charge in [-0.2, -0.15) is 0 Å². The van der Waals surface area contributed by atoms with E-state index in [0.29, 0.717) is 25.2 Å². The Bertz CT molecular complexity index is 822. The molecule has 0 saturated heterocycles. The molecule has 0 heterocycles. The van der Waals surface area contributed by atoms with E-state index in [1.54, 1.807) is 6.92 Å². The number of aliphatic carboxylic acids is 1. The van der Waals surface area contributed by atoms with E-state index in [1.165, 1.54) is 0 Å². The van der Waals surface area contributed by atoms with Crippen LogP contribution in [0.1, 0.15) is 25.3 Å². The number of carbonyl (C=O) groups excluding carboxylic acids is 1. The number of amides is 1. The highest BCUT2D eigenvalue weighted by molar-refractivity contribution is 5.87. The third kappa shape index (κ3) is 7.38. The molecule has 0 spiro atoms. The molecule has 29 heavy (non-hydrogen) atoms. The van der Waals surface area contributed by atoms with Gasteiger partial charge in [0.2, 0.25) is 5.91 Å². The predicted molar refractivity (Wildman–Crippen MR) is 114 cm³/mol. The minimum absolute atomic E-state index is 0.264. The Morgan fingerprint density at radius 1 is 1.07 bits per heavy atom. The van der Waals surface area contributed by atoms with Gasteiger partial charge in [0, 0.05) is 6.54 Å². The van der Waals surface area contributed by atoms with Crippen molar-refractivity contribution in [2.24, 2.45) is 5.73 Å². The van der Waals surface area contributed by atoms with E-state index in [2.05, 4.69) is 10.6 Å². The van der Waals surface area contributed by atoms with Gasteiger partial charge < -0.3 is 21.5 Å². The Morgan fingerprint density at radius 3 is 2.28 bits per heavy atom. The number of rotatable bonds is 10. The van der Waals surface area contributed by atoms with Gasteiger partial charge in [0.05, 0.1) is 11.9 Å². The summed E-state index contributed by atoms with van der Waals surface area (Å²) in [5, 5.41) is 21.9. The summed E-state index contributed by atoms with van der Waals surface area (Å²) >= 11 is 0. The highest BCUT2D eigenvalue weighted by Gasteiger charge is 2.23. The highest BCUT2D eigenvalue weighted by atomic mass is 16.4. The van der Waals surface area contributed by atoms with E-state index < -0.39 is 24.0 Å². The maximum atomic E-state index is 12.3. The third-order valence-corrected chi connectivity index (χ3v) is 4.53. The molecule has 6 N–H and O–H groups in total. The molecular formula is C22H28N4O3. The Morgan fingerprint density at radius 2 is 1.69 bits per heavy atom. The molecule has 7 heteroatoms. The largest absolute Gasteiger partial charge is 0.480 e. The molecule has 7 nitrogen and oxygen atoms in total. The van der Waals surface area contributed by atoms with E-state index in [9.17, 15) is 14.7 Å². The molecule has 0 aromatic heterocycles. The first-order chi connectivity index (χ1) is 13.9. The molecule has 0 fully saturated rings. The minimum Gasteiger partial charge on any atom is -0.480 e. The molecule has 0 aliphatic carbocycles. The van der Waals surface area contributed by atoms with Crippen molar-refractivity contribution < 1.29 is 14.7 Å². The van der Waals surface area contributed by atoms with Crippen LogP contribution in [0.2, 0.25) is 0 Å². The smallest absolute Gasteiger partial charge is 0.326 e. The topological polar surface area (TPSA) is 128 Å². The van der Waals surface area contributed by atoms with Crippen molar-refractivity contribution in [2.75, 3.05) is 6.54 Å². The molecule has 0 aliphatic rings. The summed E-state index contributed by atoms with van der Waals surface area (Å²) in [6, 6.07) is 16.0. The normalized spacial score (nSPS) is 12.6. The lowest BCUT2D eigenvalue weighted by Gasteiger charge is -2.18. The molecule has 154 valence electrons. The summed E-state index contributed by atoms with van der Waals surface area (Å²) in [5.41, 5.74) is 9.09. The average molecular weight is 396 g/mol. The standard InChI is InChI=1S/C22H28N4O3/c1-15(23)25-13-5-8-20(22(28)29)26-21(27)19(24)14-16-9-11-18(12-10-16)17-6-3-2-4-7-17/h2-4,6-7,9-12,19-20H,5,8,13-14,24H2,1H3,(H2,23,25)(H,26,27)(H,28,29). The number of nitrogens with one attached hydrogen (secondary N) is 3. The first-order valence-electron chi connectivity index (χ1n) is 9.59. The summed E-state index contributed by atoms with van der Waals surface area (Å²) in [7, 11) is 0. The van der Waals surface area contributed by atoms with Crippen LogP contribution in [0.5, 0.6) is 0 Å². The van der Waals surface area contributed by atoms with E-state index in [4.69, 9.17) is 11.1 Å². The van der Waals surface area contributed by atoms with Crippen LogP contribution in [0.4, 0.5) is 0 Å². The van der Waals surface area contributed by atoms with Crippen LogP contribution in [0.3, 0.4) is 0 Å². The van der Waals surface area contributed by atoms with Gasteiger partial charge >= 0.3 is 5.97 Å². The van der Waals surface area contributed by atoms with E-state index >= 15 is 0 Å². The SMILES string of the molecule is CC(=N)NCCCC(NC(=O)C(N)Cc1ccc(-c2ccccc2)cc1)C(=O)O. The second-order valence-electron chi connectivity index (χ2n) is 6.97. The van der Waals surface area contributed by atoms with Crippen molar-refractivity contribution in [3.63, 3.8) is 0 Å². The van der Waals surface area contributed by atoms with Crippen molar-refractivity contribution in [3.8, 4) is 11.1 Å². The van der Waals surface area contributed by atoms with Gasteiger partial charge in [0.25, 0.3) is 0 Å². The molecule has 2 unspecified atom stereocenters. The first kappa shape index (κ1) is 22.1. The highest BCUT2D eigenvalue weighted by Crippen LogP contribution is 2.19. The second-order valence-corrected chi connectivity index (χ2v) is 6.97. The number of hydrogen-bond acceptors (Lipinski definition) is 4. The van der Waals surface area contributed by atoms with Crippen molar-refractivity contribution in [3.05, 3.63) is 60.2 Å². The summed E-state index contributed by atoms with van der Waals surface area (Å²) in [4.78, 5) is 23.7. The Hall–Kier alpha value is -3.19. The van der Waals surface area contributed by atoms with Crippen LogP contribution in [0.15, 0.2) is 54.6 Å². The maximum absolute atomic E-state index is 12.3. The summed E-state index contributed by atoms with van der Waals surface area (Å²) in [6.45, 7) is 2.09. The van der Waals surface area contributed by atoms with Crippen molar-refractivity contribution in [2.45, 2.75) is 38.3 Å². The lowest BCUT2D eigenvalue weighted by atomic mass is 10.0. The van der Waals surface area contributed by atoms with Crippen LogP contribution in [0, 0.1) is 5.41 Å². The fourth-order valence-corrected chi connectivity index (χ4v) is 2.93. The number of amidine groups is 1. The predicted octanol–water partition coefficient (Wildman–Crippen LogP) is 2.16. The zero-order valence-electron chi connectivity index (χ0n) is 16.5. The number of carboxylic acids is 1. The van der Waals surface area contributed by atoms with Crippen molar-refractivity contribution >= 4 is 17.7 Å². The number of hydrogen-bond donors (Lipinski definition) is 5. The zero-order valence-corrected chi connectivity index (χ0v) is 16.5. The zero-order chi connectivity index (χ0) is 21.2. The van der Waals surface area contributed by atoms with Crippen LogP contribution in [-0.4, -0.2) is 41.4 Å². The molecule has 2 rings (SSSR count). The molecule has 2 atom stereocenters. The lowest BCUT2D eigenvalue weighted by molar-refractivity contribution is -0.142. The Kier molecular flexibility index (Phi) is 8.36. The first-order valence-corrected chi connectivity index (χ1v) is 9.59. The van der Waals surface area contributed by atoms with Gasteiger partial charge in [-0.05, 0) is 42.9 Å². The quantitative estimate of drug-likeness (QED) is 0.239. The van der Waals surface area contributed by atoms with Gasteiger partial charge in [0.15, 0.2) is 0 Å². The summed E-state index contributed by atoms with van der Waals surface area (Å²) in [5.74, 6) is -1.26. The van der Waals surface area contributed by atoms with Gasteiger partial charge in [-0.25, -0.2) is 4.79 Å². The molecule has 0 aliphatic heterocycles. The number of benzene rings is 2. The lowest BCUT2D eigenvalue weighted by Crippen LogP contribution is -2.49. The van der Waals surface area contributed by atoms with Crippen molar-refractivity contribution in [1.82, 2.24) is 10.6 Å². The van der Waals surface area contributed by atoms with E-state index in [-0.39, 0.29) is 6.42 Å². The van der Waals surface area contributed by atoms with Crippen LogP contribution in [-0.2, 0) is 16.0 Å². The monoisotopic (exact) mass is 396 g/mol. The molecular weight excluding hydrogens is 368 g/mol. The Balaban J connectivity index is 1.88. The fourth-order valence-electron chi connectivity index (χ4n) is 2.93. The summed E-state index contributed by atoms with van der Waals surface area (Å²) < 4.78 is 0. The molecule has 2 aromatic rings. The average Bonchev–Trinajstić information content (AvgIpc) is 2.71. The number of nitrogens with two attached hydrogens (primary N) is 1. The fraction of sp³-hybridized carbons (Fsp3) is 0.318. The molecule has 0 radical (unpaired) electrons. The summed E-state index contributed by atoms with van der Waals surface area (Å²) in [6.07, 6.45) is 1.10. The second kappa shape index (κ2) is 11.0. The van der Waals surface area contributed by atoms with Gasteiger partial charge in [-0.3, -0.25) is 10.2 Å². The van der Waals surface area contributed by atoms with E-state index in [0.717, 1.165) is 16.7 Å².